The molecule has 0 bridgehead atoms. The molecule has 3 aromatic rings. The molecular weight excluding hydrogens is 413 g/mol. The van der Waals surface area contributed by atoms with E-state index in [1.54, 1.807) is 13.0 Å². The Balaban J connectivity index is 1.76. The lowest BCUT2D eigenvalue weighted by Crippen LogP contribution is -2.29. The lowest BCUT2D eigenvalue weighted by atomic mass is 10.0. The zero-order valence-electron chi connectivity index (χ0n) is 15.7. The number of nitrogens with one attached hydrogen (secondary N) is 1. The minimum absolute atomic E-state index is 0.161. The number of carbonyl (C=O) groups excluding carboxylic acids is 1. The largest absolute Gasteiger partial charge is 0.477 e. The maximum absolute atomic E-state index is 13.6. The van der Waals surface area contributed by atoms with Crippen LogP contribution in [0.5, 0.6) is 5.75 Å². The van der Waals surface area contributed by atoms with Gasteiger partial charge in [-0.15, -0.1) is 0 Å². The van der Waals surface area contributed by atoms with Crippen molar-refractivity contribution in [1.29, 1.82) is 0 Å². The van der Waals surface area contributed by atoms with Gasteiger partial charge in [-0.05, 0) is 36.6 Å². The molecule has 10 heteroatoms. The zero-order valence-corrected chi connectivity index (χ0v) is 15.7. The van der Waals surface area contributed by atoms with Gasteiger partial charge in [0.2, 0.25) is 29.1 Å². The molecule has 0 aliphatic heterocycles. The van der Waals surface area contributed by atoms with Gasteiger partial charge in [-0.3, -0.25) is 4.79 Å². The van der Waals surface area contributed by atoms with Gasteiger partial charge in [0.1, 0.15) is 5.58 Å². The molecule has 0 aliphatic carbocycles. The number of ether oxygens (including phenoxy) is 1. The maximum atomic E-state index is 13.6. The molecule has 5 nitrogen and oxygen atoms in total. The molecule has 0 saturated heterocycles. The van der Waals surface area contributed by atoms with Gasteiger partial charge in [-0.2, -0.15) is 8.78 Å². The summed E-state index contributed by atoms with van der Waals surface area (Å²) in [7, 11) is 0. The van der Waals surface area contributed by atoms with Crippen LogP contribution in [0.1, 0.15) is 16.7 Å². The molecule has 1 heterocycles. The molecule has 2 aromatic carbocycles. The van der Waals surface area contributed by atoms with Crippen molar-refractivity contribution in [3.63, 3.8) is 0 Å². The van der Waals surface area contributed by atoms with Crippen LogP contribution >= 0.6 is 0 Å². The second kappa shape index (κ2) is 8.13. The molecule has 3 rings (SSSR count). The molecule has 1 amide bonds. The Bertz CT molecular complexity index is 1190. The molecular formula is C20H14F5NO4. The monoisotopic (exact) mass is 427 g/mol. The van der Waals surface area contributed by atoms with Gasteiger partial charge < -0.3 is 14.5 Å². The Kier molecular flexibility index (Phi) is 5.77. The van der Waals surface area contributed by atoms with Gasteiger partial charge in [0, 0.05) is 18.0 Å². The van der Waals surface area contributed by atoms with E-state index in [-0.39, 0.29) is 6.54 Å². The summed E-state index contributed by atoms with van der Waals surface area (Å²) in [6.07, 6.45) is 0. The van der Waals surface area contributed by atoms with Gasteiger partial charge in [0.15, 0.2) is 12.4 Å². The summed E-state index contributed by atoms with van der Waals surface area (Å²) in [5.41, 5.74) is 1.75. The Morgan fingerprint density at radius 1 is 0.967 bits per heavy atom. The normalized spacial score (nSPS) is 11.0. The summed E-state index contributed by atoms with van der Waals surface area (Å²) in [6.45, 7) is 2.42. The topological polar surface area (TPSA) is 68.5 Å². The number of benzene rings is 2. The highest BCUT2D eigenvalue weighted by Gasteiger charge is 2.27. The molecule has 0 atom stereocenters. The van der Waals surface area contributed by atoms with Crippen LogP contribution in [0.4, 0.5) is 22.0 Å². The molecule has 0 unspecified atom stereocenters. The highest BCUT2D eigenvalue weighted by Crippen LogP contribution is 2.29. The van der Waals surface area contributed by atoms with Gasteiger partial charge in [-0.25, -0.2) is 18.0 Å². The first-order valence-electron chi connectivity index (χ1n) is 8.55. The summed E-state index contributed by atoms with van der Waals surface area (Å²) in [6, 6.07) is 4.68. The number of rotatable bonds is 5. The van der Waals surface area contributed by atoms with Crippen molar-refractivity contribution in [3.05, 3.63) is 74.4 Å². The number of halogens is 5. The van der Waals surface area contributed by atoms with Crippen LogP contribution in [0, 0.1) is 42.9 Å². The summed E-state index contributed by atoms with van der Waals surface area (Å²) < 4.78 is 76.2. The van der Waals surface area contributed by atoms with Crippen molar-refractivity contribution in [3.8, 4) is 5.75 Å². The number of aryl methyl sites for hydroxylation is 2. The first-order chi connectivity index (χ1) is 14.1. The number of hydrogen-bond acceptors (Lipinski definition) is 4. The second-order valence-electron chi connectivity index (χ2n) is 6.51. The third-order valence-corrected chi connectivity index (χ3v) is 4.26. The van der Waals surface area contributed by atoms with Crippen molar-refractivity contribution in [2.24, 2.45) is 0 Å². The average Bonchev–Trinajstić information content (AvgIpc) is 2.68. The number of hydrogen-bond donors (Lipinski definition) is 1. The molecule has 0 spiro atoms. The number of carbonyl (C=O) groups is 1. The predicted octanol–water partition coefficient (Wildman–Crippen LogP) is 3.80. The van der Waals surface area contributed by atoms with Crippen molar-refractivity contribution in [2.45, 2.75) is 20.4 Å². The van der Waals surface area contributed by atoms with Crippen molar-refractivity contribution in [1.82, 2.24) is 5.32 Å². The van der Waals surface area contributed by atoms with Gasteiger partial charge in [0.05, 0.1) is 0 Å². The van der Waals surface area contributed by atoms with Crippen LogP contribution in [0.25, 0.3) is 11.0 Å². The highest BCUT2D eigenvalue weighted by molar-refractivity contribution is 5.85. The fraction of sp³-hybridized carbons (Fsp3) is 0.200. The SMILES string of the molecule is Cc1cc(C)c2c(CNC(=O)COc3c(F)c(F)c(F)c(F)c3F)cc(=O)oc2c1. The first kappa shape index (κ1) is 21.3. The third kappa shape index (κ3) is 3.98. The Hall–Kier alpha value is -3.43. The molecule has 1 aromatic heterocycles. The molecule has 0 saturated carbocycles. The first-order valence-corrected chi connectivity index (χ1v) is 8.55. The Morgan fingerprint density at radius 3 is 2.20 bits per heavy atom. The third-order valence-electron chi connectivity index (χ3n) is 4.26. The van der Waals surface area contributed by atoms with Crippen LogP contribution in [0.3, 0.4) is 0 Å². The minimum Gasteiger partial charge on any atom is -0.477 e. The van der Waals surface area contributed by atoms with Crippen molar-refractivity contribution < 1.29 is 35.9 Å². The van der Waals surface area contributed by atoms with E-state index in [4.69, 9.17) is 4.42 Å². The number of amides is 1. The fourth-order valence-electron chi connectivity index (χ4n) is 3.01. The van der Waals surface area contributed by atoms with Crippen molar-refractivity contribution >= 4 is 16.9 Å². The van der Waals surface area contributed by atoms with E-state index in [9.17, 15) is 31.5 Å². The fourth-order valence-corrected chi connectivity index (χ4v) is 3.01. The van der Waals surface area contributed by atoms with E-state index < -0.39 is 53.0 Å². The molecule has 0 aliphatic rings. The van der Waals surface area contributed by atoms with E-state index in [0.29, 0.717) is 16.5 Å². The van der Waals surface area contributed by atoms with E-state index in [1.807, 2.05) is 13.0 Å². The zero-order chi connectivity index (χ0) is 22.2. The van der Waals surface area contributed by atoms with E-state index in [2.05, 4.69) is 10.1 Å². The maximum Gasteiger partial charge on any atom is 0.336 e. The predicted molar refractivity (Wildman–Crippen MR) is 95.5 cm³/mol. The van der Waals surface area contributed by atoms with Gasteiger partial charge in [-0.1, -0.05) is 6.07 Å². The molecule has 1 N–H and O–H groups in total. The van der Waals surface area contributed by atoms with Crippen LogP contribution in [0.15, 0.2) is 27.4 Å². The summed E-state index contributed by atoms with van der Waals surface area (Å²) >= 11 is 0. The average molecular weight is 427 g/mol. The van der Waals surface area contributed by atoms with Gasteiger partial charge >= 0.3 is 5.63 Å². The minimum atomic E-state index is -2.33. The Labute approximate surface area is 166 Å². The smallest absolute Gasteiger partial charge is 0.336 e. The van der Waals surface area contributed by atoms with Crippen LogP contribution in [-0.2, 0) is 11.3 Å². The highest BCUT2D eigenvalue weighted by atomic mass is 19.2. The lowest BCUT2D eigenvalue weighted by Gasteiger charge is -2.12. The molecule has 30 heavy (non-hydrogen) atoms. The Morgan fingerprint density at radius 2 is 1.57 bits per heavy atom. The van der Waals surface area contributed by atoms with Gasteiger partial charge in [0.25, 0.3) is 5.91 Å². The lowest BCUT2D eigenvalue weighted by molar-refractivity contribution is -0.123. The summed E-state index contributed by atoms with van der Waals surface area (Å²) in [5, 5.41) is 2.96. The standard InChI is InChI=1S/C20H14F5NO4/c1-8-3-9(2)14-10(5-13(28)30-11(14)4-8)6-26-12(27)7-29-20-18(24)16(22)15(21)17(23)19(20)25/h3-5H,6-7H2,1-2H3,(H,26,27). The summed E-state index contributed by atoms with van der Waals surface area (Å²) in [5.74, 6) is -13.5. The van der Waals surface area contributed by atoms with E-state index in [0.717, 1.165) is 11.1 Å². The van der Waals surface area contributed by atoms with Crippen LogP contribution in [-0.4, -0.2) is 12.5 Å². The molecule has 158 valence electrons. The second-order valence-corrected chi connectivity index (χ2v) is 6.51. The molecule has 0 fully saturated rings. The van der Waals surface area contributed by atoms with E-state index in [1.165, 1.54) is 6.07 Å². The van der Waals surface area contributed by atoms with Crippen LogP contribution < -0.4 is 15.7 Å². The van der Waals surface area contributed by atoms with Crippen LogP contribution in [0.2, 0.25) is 0 Å². The summed E-state index contributed by atoms with van der Waals surface area (Å²) in [4.78, 5) is 23.7. The van der Waals surface area contributed by atoms with E-state index >= 15 is 0 Å². The number of fused-ring (bicyclic) bond motifs is 1. The molecule has 0 radical (unpaired) electrons. The quantitative estimate of drug-likeness (QED) is 0.291. The van der Waals surface area contributed by atoms with Crippen molar-refractivity contribution in [2.75, 3.05) is 6.61 Å².